The van der Waals surface area contributed by atoms with Crippen molar-refractivity contribution < 1.29 is 19.1 Å². The van der Waals surface area contributed by atoms with Crippen LogP contribution in [0.15, 0.2) is 48.5 Å². The first kappa shape index (κ1) is 20.1. The van der Waals surface area contributed by atoms with E-state index in [9.17, 15) is 9.59 Å². The van der Waals surface area contributed by atoms with E-state index >= 15 is 0 Å². The zero-order chi connectivity index (χ0) is 19.9. The van der Waals surface area contributed by atoms with Gasteiger partial charge in [0.2, 0.25) is 0 Å². The second-order valence-corrected chi connectivity index (χ2v) is 7.71. The molecule has 2 aromatic rings. The molecule has 0 aliphatic heterocycles. The number of aryl methyl sites for hydroxylation is 2. The first-order valence-corrected chi connectivity index (χ1v) is 10.00. The van der Waals surface area contributed by atoms with E-state index in [1.807, 2.05) is 50.2 Å². The van der Waals surface area contributed by atoms with Gasteiger partial charge in [0.25, 0.3) is 0 Å². The Kier molecular flexibility index (Phi) is 6.85. The van der Waals surface area contributed by atoms with Gasteiger partial charge in [-0.05, 0) is 74.6 Å². The van der Waals surface area contributed by atoms with Crippen molar-refractivity contribution in [2.75, 3.05) is 13.2 Å². The number of carbonyl (C=O) groups excluding carboxylic acids is 2. The molecule has 0 heterocycles. The summed E-state index contributed by atoms with van der Waals surface area (Å²) in [6.45, 7) is 4.76. The van der Waals surface area contributed by atoms with Crippen LogP contribution in [-0.2, 0) is 9.47 Å². The SMILES string of the molecule is Cc1ccccc1C(=O)OCC1CCC(COC(=O)c2ccccc2C)CC1. The summed E-state index contributed by atoms with van der Waals surface area (Å²) < 4.78 is 11.1. The zero-order valence-electron chi connectivity index (χ0n) is 16.6. The highest BCUT2D eigenvalue weighted by atomic mass is 16.5. The Balaban J connectivity index is 1.39. The van der Waals surface area contributed by atoms with Crippen LogP contribution in [-0.4, -0.2) is 25.2 Å². The average Bonchev–Trinajstić information content (AvgIpc) is 2.71. The minimum atomic E-state index is -0.243. The van der Waals surface area contributed by atoms with E-state index in [1.165, 1.54) is 0 Å². The molecule has 1 aliphatic rings. The van der Waals surface area contributed by atoms with Gasteiger partial charge in [-0.3, -0.25) is 0 Å². The van der Waals surface area contributed by atoms with Crippen molar-refractivity contribution in [2.24, 2.45) is 11.8 Å². The van der Waals surface area contributed by atoms with Gasteiger partial charge in [0.1, 0.15) is 0 Å². The third-order valence-corrected chi connectivity index (χ3v) is 5.60. The fraction of sp³-hybridized carbons (Fsp3) is 0.417. The van der Waals surface area contributed by atoms with Gasteiger partial charge in [0.05, 0.1) is 24.3 Å². The number of hydrogen-bond donors (Lipinski definition) is 0. The lowest BCUT2D eigenvalue weighted by atomic mass is 9.83. The predicted molar refractivity (Wildman–Crippen MR) is 108 cm³/mol. The van der Waals surface area contributed by atoms with Crippen molar-refractivity contribution in [3.05, 3.63) is 70.8 Å². The number of carbonyl (C=O) groups is 2. The highest BCUT2D eigenvalue weighted by Crippen LogP contribution is 2.29. The molecule has 1 fully saturated rings. The standard InChI is InChI=1S/C24H28O4/c1-17-7-3-5-9-21(17)23(25)27-15-19-11-13-20(14-12-19)16-28-24(26)22-10-6-4-8-18(22)2/h3-10,19-20H,11-16H2,1-2H3. The summed E-state index contributed by atoms with van der Waals surface area (Å²) in [7, 11) is 0. The highest BCUT2D eigenvalue weighted by molar-refractivity contribution is 5.91. The topological polar surface area (TPSA) is 52.6 Å². The Morgan fingerprint density at radius 3 is 1.43 bits per heavy atom. The molecule has 0 radical (unpaired) electrons. The summed E-state index contributed by atoms with van der Waals surface area (Å²) in [4.78, 5) is 24.5. The van der Waals surface area contributed by atoms with Gasteiger partial charge < -0.3 is 9.47 Å². The van der Waals surface area contributed by atoms with Crippen LogP contribution >= 0.6 is 0 Å². The fourth-order valence-corrected chi connectivity index (χ4v) is 3.71. The lowest BCUT2D eigenvalue weighted by molar-refractivity contribution is 0.0296. The zero-order valence-corrected chi connectivity index (χ0v) is 16.6. The van der Waals surface area contributed by atoms with Crippen molar-refractivity contribution in [1.29, 1.82) is 0 Å². The predicted octanol–water partition coefficient (Wildman–Crippen LogP) is 5.12. The first-order valence-electron chi connectivity index (χ1n) is 10.00. The third kappa shape index (κ3) is 5.22. The Bertz CT molecular complexity index is 749. The maximum atomic E-state index is 12.2. The average molecular weight is 380 g/mol. The monoisotopic (exact) mass is 380 g/mol. The summed E-state index contributed by atoms with van der Waals surface area (Å²) in [5.41, 5.74) is 3.15. The minimum absolute atomic E-state index is 0.243. The van der Waals surface area contributed by atoms with Crippen molar-refractivity contribution in [3.8, 4) is 0 Å². The molecule has 3 rings (SSSR count). The van der Waals surface area contributed by atoms with Gasteiger partial charge in [0.15, 0.2) is 0 Å². The fourth-order valence-electron chi connectivity index (χ4n) is 3.71. The Morgan fingerprint density at radius 2 is 1.07 bits per heavy atom. The first-order chi connectivity index (χ1) is 13.5. The lowest BCUT2D eigenvalue weighted by Gasteiger charge is -2.28. The van der Waals surface area contributed by atoms with Gasteiger partial charge >= 0.3 is 11.9 Å². The van der Waals surface area contributed by atoms with Crippen LogP contribution in [0.5, 0.6) is 0 Å². The molecule has 0 saturated heterocycles. The Morgan fingerprint density at radius 1 is 0.714 bits per heavy atom. The number of esters is 2. The molecular weight excluding hydrogens is 352 g/mol. The molecular formula is C24H28O4. The van der Waals surface area contributed by atoms with Gasteiger partial charge in [-0.2, -0.15) is 0 Å². The lowest BCUT2D eigenvalue weighted by Crippen LogP contribution is -2.24. The van der Waals surface area contributed by atoms with E-state index in [0.717, 1.165) is 36.8 Å². The van der Waals surface area contributed by atoms with Crippen LogP contribution in [0.1, 0.15) is 57.5 Å². The molecule has 0 aromatic heterocycles. The molecule has 4 heteroatoms. The molecule has 0 N–H and O–H groups in total. The summed E-state index contributed by atoms with van der Waals surface area (Å²) in [6, 6.07) is 15.0. The molecule has 0 unspecified atom stereocenters. The quantitative estimate of drug-likeness (QED) is 0.653. The molecule has 0 spiro atoms. The summed E-state index contributed by atoms with van der Waals surface area (Å²) in [6.07, 6.45) is 3.97. The molecule has 28 heavy (non-hydrogen) atoms. The maximum absolute atomic E-state index is 12.2. The van der Waals surface area contributed by atoms with Crippen molar-refractivity contribution in [3.63, 3.8) is 0 Å². The van der Waals surface area contributed by atoms with Gasteiger partial charge in [-0.25, -0.2) is 9.59 Å². The summed E-state index contributed by atoms with van der Waals surface area (Å²) in [5, 5.41) is 0. The van der Waals surface area contributed by atoms with Crippen molar-refractivity contribution in [1.82, 2.24) is 0 Å². The van der Waals surface area contributed by atoms with Crippen LogP contribution in [0.3, 0.4) is 0 Å². The Hall–Kier alpha value is -2.62. The van der Waals surface area contributed by atoms with Crippen LogP contribution < -0.4 is 0 Å². The summed E-state index contributed by atoms with van der Waals surface area (Å²) >= 11 is 0. The van der Waals surface area contributed by atoms with Crippen LogP contribution in [0, 0.1) is 25.7 Å². The molecule has 0 amide bonds. The summed E-state index contributed by atoms with van der Waals surface area (Å²) in [5.74, 6) is 0.285. The number of ether oxygens (including phenoxy) is 2. The molecule has 4 nitrogen and oxygen atoms in total. The van der Waals surface area contributed by atoms with Gasteiger partial charge in [0, 0.05) is 0 Å². The van der Waals surface area contributed by atoms with Crippen LogP contribution in [0.25, 0.3) is 0 Å². The third-order valence-electron chi connectivity index (χ3n) is 5.60. The molecule has 0 bridgehead atoms. The smallest absolute Gasteiger partial charge is 0.338 e. The maximum Gasteiger partial charge on any atom is 0.338 e. The number of benzene rings is 2. The highest BCUT2D eigenvalue weighted by Gasteiger charge is 2.24. The van der Waals surface area contributed by atoms with Crippen LogP contribution in [0.2, 0.25) is 0 Å². The van der Waals surface area contributed by atoms with Gasteiger partial charge in [-0.1, -0.05) is 36.4 Å². The van der Waals surface area contributed by atoms with Crippen molar-refractivity contribution >= 4 is 11.9 Å². The van der Waals surface area contributed by atoms with E-state index in [-0.39, 0.29) is 11.9 Å². The molecule has 1 aliphatic carbocycles. The normalized spacial score (nSPS) is 19.1. The van der Waals surface area contributed by atoms with E-state index in [1.54, 1.807) is 12.1 Å². The second-order valence-electron chi connectivity index (χ2n) is 7.71. The van der Waals surface area contributed by atoms with Crippen molar-refractivity contribution in [2.45, 2.75) is 39.5 Å². The molecule has 0 atom stereocenters. The Labute approximate surface area is 166 Å². The number of rotatable bonds is 6. The molecule has 2 aromatic carbocycles. The van der Waals surface area contributed by atoms with E-state index in [0.29, 0.717) is 36.2 Å². The molecule has 148 valence electrons. The second kappa shape index (κ2) is 9.54. The minimum Gasteiger partial charge on any atom is -0.462 e. The number of hydrogen-bond acceptors (Lipinski definition) is 4. The molecule has 1 saturated carbocycles. The van der Waals surface area contributed by atoms with E-state index in [2.05, 4.69) is 0 Å². The van der Waals surface area contributed by atoms with Gasteiger partial charge in [-0.15, -0.1) is 0 Å². The van der Waals surface area contributed by atoms with E-state index < -0.39 is 0 Å². The van der Waals surface area contributed by atoms with Crippen LogP contribution in [0.4, 0.5) is 0 Å². The van der Waals surface area contributed by atoms with E-state index in [4.69, 9.17) is 9.47 Å². The largest absolute Gasteiger partial charge is 0.462 e.